The van der Waals surface area contributed by atoms with Crippen molar-refractivity contribution in [2.45, 2.75) is 131 Å². The lowest BCUT2D eigenvalue weighted by Crippen LogP contribution is -2.51. The van der Waals surface area contributed by atoms with Gasteiger partial charge in [-0.15, -0.1) is 0 Å². The highest BCUT2D eigenvalue weighted by molar-refractivity contribution is 5.89. The van der Waals surface area contributed by atoms with Gasteiger partial charge in [-0.1, -0.05) is 78.9 Å². The van der Waals surface area contributed by atoms with Gasteiger partial charge in [-0.05, 0) is 128 Å². The Balaban J connectivity index is 1.19. The van der Waals surface area contributed by atoms with E-state index in [0.717, 1.165) is 73.4 Å². The minimum absolute atomic E-state index is 0.0160. The molecule has 3 saturated carbocycles. The van der Waals surface area contributed by atoms with Crippen LogP contribution in [0.2, 0.25) is 0 Å². The summed E-state index contributed by atoms with van der Waals surface area (Å²) < 4.78 is 11.7. The van der Waals surface area contributed by atoms with Crippen LogP contribution in [0.5, 0.6) is 5.75 Å². The summed E-state index contributed by atoms with van der Waals surface area (Å²) >= 11 is 0. The third-order valence-electron chi connectivity index (χ3n) is 12.4. The molecule has 3 nitrogen and oxygen atoms in total. The third-order valence-corrected chi connectivity index (χ3v) is 12.4. The largest absolute Gasteiger partial charge is 0.465 e. The number of allylic oxidation sites excluding steroid dienone is 2. The van der Waals surface area contributed by atoms with Gasteiger partial charge < -0.3 is 9.47 Å². The fourth-order valence-corrected chi connectivity index (χ4v) is 10.0. The molecule has 3 heteroatoms. The van der Waals surface area contributed by atoms with E-state index in [0.29, 0.717) is 11.0 Å². The number of ether oxygens (including phenoxy) is 2. The van der Waals surface area contributed by atoms with E-state index in [2.05, 4.69) is 47.6 Å². The second-order valence-corrected chi connectivity index (χ2v) is 15.4. The van der Waals surface area contributed by atoms with Gasteiger partial charge >= 0.3 is 5.97 Å². The Morgan fingerprint density at radius 2 is 1.79 bits per heavy atom. The molecule has 0 aromatic heterocycles. The fraction of sp³-hybridized carbons (Fsp3) is 0.718. The molecule has 42 heavy (non-hydrogen) atoms. The lowest BCUT2D eigenvalue weighted by atomic mass is 9.47. The van der Waals surface area contributed by atoms with Crippen LogP contribution >= 0.6 is 0 Å². The van der Waals surface area contributed by atoms with Crippen LogP contribution < -0.4 is 4.74 Å². The van der Waals surface area contributed by atoms with Gasteiger partial charge in [0, 0.05) is 6.42 Å². The van der Waals surface area contributed by atoms with Crippen molar-refractivity contribution in [1.29, 1.82) is 0 Å². The maximum atomic E-state index is 13.0. The molecule has 0 aliphatic heterocycles. The molecular weight excluding hydrogens is 516 g/mol. The number of unbranched alkanes of at least 4 members (excludes halogenated alkanes) is 1. The molecule has 0 spiro atoms. The first-order valence-corrected chi connectivity index (χ1v) is 17.5. The molecular formula is C39H58O3. The van der Waals surface area contributed by atoms with Crippen LogP contribution in [-0.2, 0) is 4.74 Å². The van der Waals surface area contributed by atoms with Crippen molar-refractivity contribution < 1.29 is 14.3 Å². The van der Waals surface area contributed by atoms with Crippen molar-refractivity contribution in [2.24, 2.45) is 46.3 Å². The molecule has 232 valence electrons. The molecule has 4 aliphatic carbocycles. The van der Waals surface area contributed by atoms with E-state index in [1.807, 2.05) is 30.3 Å². The summed E-state index contributed by atoms with van der Waals surface area (Å²) in [7, 11) is 0. The van der Waals surface area contributed by atoms with E-state index in [-0.39, 0.29) is 17.5 Å². The van der Waals surface area contributed by atoms with E-state index in [1.54, 1.807) is 11.8 Å². The number of fused-ring (bicyclic) bond motifs is 5. The van der Waals surface area contributed by atoms with Crippen LogP contribution in [0.1, 0.15) is 135 Å². The number of benzene rings is 1. The Bertz CT molecular complexity index is 1110. The molecule has 0 saturated heterocycles. The van der Waals surface area contributed by atoms with Gasteiger partial charge in [-0.2, -0.15) is 0 Å². The lowest BCUT2D eigenvalue weighted by Gasteiger charge is -2.58. The standard InChI is InChI=1S/C39H58O3/c1-7-8-9-25-41-31-16-13-29(14-17-31)37(40)42-32-21-23-38(5)30(26-32)15-18-33-35-20-19-34(28(4)12-10-11-27(2)3)39(35,6)24-22-36(33)38/h9,13-17,25,27-28,32-36H,7-8,10-12,18-24,26H2,1-6H3/t28-,32+,33+,34-,35+,36+,38+,39-/m1/s1. The summed E-state index contributed by atoms with van der Waals surface area (Å²) in [6.07, 6.45) is 22.6. The lowest BCUT2D eigenvalue weighted by molar-refractivity contribution is -0.0594. The van der Waals surface area contributed by atoms with Crippen molar-refractivity contribution in [3.63, 3.8) is 0 Å². The average Bonchev–Trinajstić information content (AvgIpc) is 3.33. The van der Waals surface area contributed by atoms with Crippen LogP contribution in [-0.4, -0.2) is 12.1 Å². The number of hydrogen-bond acceptors (Lipinski definition) is 3. The van der Waals surface area contributed by atoms with Crippen LogP contribution in [0.15, 0.2) is 48.3 Å². The zero-order valence-electron chi connectivity index (χ0n) is 27.5. The first-order chi connectivity index (χ1) is 20.2. The van der Waals surface area contributed by atoms with Crippen LogP contribution in [0.3, 0.4) is 0 Å². The van der Waals surface area contributed by atoms with Crippen molar-refractivity contribution in [2.75, 3.05) is 0 Å². The minimum Gasteiger partial charge on any atom is -0.465 e. The molecule has 0 amide bonds. The monoisotopic (exact) mass is 574 g/mol. The van der Waals surface area contributed by atoms with Crippen LogP contribution in [0.4, 0.5) is 0 Å². The molecule has 0 unspecified atom stereocenters. The smallest absolute Gasteiger partial charge is 0.338 e. The summed E-state index contributed by atoms with van der Waals surface area (Å²) in [5.74, 6) is 5.63. The number of carbonyl (C=O) groups is 1. The minimum atomic E-state index is -0.209. The van der Waals surface area contributed by atoms with E-state index >= 15 is 0 Å². The van der Waals surface area contributed by atoms with Crippen molar-refractivity contribution in [3.05, 3.63) is 53.8 Å². The summed E-state index contributed by atoms with van der Waals surface area (Å²) in [4.78, 5) is 13.0. The Kier molecular flexibility index (Phi) is 9.95. The second kappa shape index (κ2) is 13.3. The van der Waals surface area contributed by atoms with Gasteiger partial charge in [0.2, 0.25) is 0 Å². The molecule has 0 bridgehead atoms. The topological polar surface area (TPSA) is 35.5 Å². The predicted octanol–water partition coefficient (Wildman–Crippen LogP) is 10.9. The van der Waals surface area contributed by atoms with Gasteiger partial charge in [0.25, 0.3) is 0 Å². The molecule has 8 atom stereocenters. The summed E-state index contributed by atoms with van der Waals surface area (Å²) in [5, 5.41) is 0. The van der Waals surface area contributed by atoms with Gasteiger partial charge in [0.1, 0.15) is 11.9 Å². The third kappa shape index (κ3) is 6.41. The molecule has 5 rings (SSSR count). The Hall–Kier alpha value is -2.03. The highest BCUT2D eigenvalue weighted by Gasteiger charge is 2.59. The predicted molar refractivity (Wildman–Crippen MR) is 173 cm³/mol. The van der Waals surface area contributed by atoms with Gasteiger partial charge in [-0.3, -0.25) is 0 Å². The fourth-order valence-electron chi connectivity index (χ4n) is 10.0. The van der Waals surface area contributed by atoms with Crippen LogP contribution in [0, 0.1) is 46.3 Å². The molecule has 1 aromatic rings. The van der Waals surface area contributed by atoms with Crippen molar-refractivity contribution in [1.82, 2.24) is 0 Å². The molecule has 0 N–H and O–H groups in total. The average molecular weight is 575 g/mol. The van der Waals surface area contributed by atoms with Gasteiger partial charge in [-0.25, -0.2) is 4.79 Å². The Morgan fingerprint density at radius 3 is 2.52 bits per heavy atom. The van der Waals surface area contributed by atoms with E-state index in [1.165, 1.54) is 51.4 Å². The van der Waals surface area contributed by atoms with E-state index in [4.69, 9.17) is 9.47 Å². The van der Waals surface area contributed by atoms with Gasteiger partial charge in [0.15, 0.2) is 0 Å². The Morgan fingerprint density at radius 1 is 1.00 bits per heavy atom. The van der Waals surface area contributed by atoms with Crippen molar-refractivity contribution in [3.8, 4) is 5.75 Å². The maximum Gasteiger partial charge on any atom is 0.338 e. The maximum absolute atomic E-state index is 13.0. The molecule has 0 radical (unpaired) electrons. The molecule has 3 fully saturated rings. The van der Waals surface area contributed by atoms with Gasteiger partial charge in [0.05, 0.1) is 11.8 Å². The Labute approximate surface area is 256 Å². The molecule has 1 aromatic carbocycles. The quantitative estimate of drug-likeness (QED) is 0.150. The highest BCUT2D eigenvalue weighted by atomic mass is 16.5. The summed E-state index contributed by atoms with van der Waals surface area (Å²) in [6, 6.07) is 7.35. The van der Waals surface area contributed by atoms with Crippen molar-refractivity contribution >= 4 is 5.97 Å². The SMILES string of the molecule is CCCC=COc1ccc(C(=O)O[C@H]2CC[C@@]3(C)C(=CC[C@H]4[C@@H]5CC[C@H]([C@H](C)CCCC(C)C)[C@@]5(C)CC[C@@H]43)C2)cc1. The summed E-state index contributed by atoms with van der Waals surface area (Å²) in [6.45, 7) is 14.7. The highest BCUT2D eigenvalue weighted by Crippen LogP contribution is 2.67. The first-order valence-electron chi connectivity index (χ1n) is 17.5. The summed E-state index contributed by atoms with van der Waals surface area (Å²) in [5.41, 5.74) is 2.99. The van der Waals surface area contributed by atoms with E-state index < -0.39 is 0 Å². The zero-order valence-corrected chi connectivity index (χ0v) is 27.5. The number of rotatable bonds is 11. The first kappa shape index (κ1) is 31.4. The number of carbonyl (C=O) groups excluding carboxylic acids is 1. The molecule has 0 heterocycles. The zero-order chi connectivity index (χ0) is 29.9. The number of hydrogen-bond donors (Lipinski definition) is 0. The second-order valence-electron chi connectivity index (χ2n) is 15.4. The molecule has 4 aliphatic rings. The van der Waals surface area contributed by atoms with Crippen LogP contribution in [0.25, 0.3) is 0 Å². The normalized spacial score (nSPS) is 34.8. The number of esters is 1. The van der Waals surface area contributed by atoms with E-state index in [9.17, 15) is 4.79 Å².